The molecule has 98 valence electrons. The molecule has 0 aromatic heterocycles. The van der Waals surface area contributed by atoms with Crippen LogP contribution in [0.15, 0.2) is 24.3 Å². The predicted molar refractivity (Wildman–Crippen MR) is 71.7 cm³/mol. The number of nitrogens with one attached hydrogen (secondary N) is 1. The molecule has 2 N–H and O–H groups in total. The minimum Gasteiger partial charge on any atom is -0.478 e. The highest BCUT2D eigenvalue weighted by molar-refractivity contribution is 5.89. The zero-order valence-electron chi connectivity index (χ0n) is 10.9. The summed E-state index contributed by atoms with van der Waals surface area (Å²) in [6.07, 6.45) is 6.22. The van der Waals surface area contributed by atoms with Gasteiger partial charge in [0.1, 0.15) is 0 Å². The fourth-order valence-corrected chi connectivity index (χ4v) is 2.70. The van der Waals surface area contributed by atoms with E-state index in [-0.39, 0.29) is 5.54 Å². The van der Waals surface area contributed by atoms with Gasteiger partial charge in [-0.3, -0.25) is 0 Å². The molecule has 0 amide bonds. The number of carboxylic acid groups (broad SMARTS) is 1. The van der Waals surface area contributed by atoms with Gasteiger partial charge in [0.2, 0.25) is 0 Å². The Bertz CT molecular complexity index is 422. The van der Waals surface area contributed by atoms with E-state index in [4.69, 9.17) is 5.11 Å². The molecule has 3 heteroatoms. The first-order chi connectivity index (χ1) is 8.61. The molecule has 0 aliphatic heterocycles. The third kappa shape index (κ3) is 3.10. The summed E-state index contributed by atoms with van der Waals surface area (Å²) in [5, 5.41) is 12.7. The summed E-state index contributed by atoms with van der Waals surface area (Å²) in [6.45, 7) is 2.88. The molecule has 0 bridgehead atoms. The van der Waals surface area contributed by atoms with Crippen molar-refractivity contribution < 1.29 is 9.90 Å². The van der Waals surface area contributed by atoms with E-state index in [2.05, 4.69) is 12.2 Å². The number of carboxylic acids is 1. The zero-order chi connectivity index (χ0) is 13.0. The van der Waals surface area contributed by atoms with E-state index in [1.807, 2.05) is 12.1 Å². The second-order valence-corrected chi connectivity index (χ2v) is 5.44. The molecule has 1 aromatic rings. The first-order valence-corrected chi connectivity index (χ1v) is 6.67. The van der Waals surface area contributed by atoms with Crippen LogP contribution in [0.2, 0.25) is 0 Å². The normalized spacial score (nSPS) is 18.5. The molecular formula is C15H21NO2. The van der Waals surface area contributed by atoms with Gasteiger partial charge in [-0.25, -0.2) is 4.79 Å². The van der Waals surface area contributed by atoms with Gasteiger partial charge in [-0.05, 0) is 31.4 Å². The largest absolute Gasteiger partial charge is 0.478 e. The lowest BCUT2D eigenvalue weighted by Crippen LogP contribution is -2.43. The highest BCUT2D eigenvalue weighted by Gasteiger charge is 2.26. The lowest BCUT2D eigenvalue weighted by Gasteiger charge is -2.35. The van der Waals surface area contributed by atoms with Gasteiger partial charge in [-0.2, -0.15) is 0 Å². The van der Waals surface area contributed by atoms with Crippen LogP contribution in [0.25, 0.3) is 0 Å². The predicted octanol–water partition coefficient (Wildman–Crippen LogP) is 3.20. The summed E-state index contributed by atoms with van der Waals surface area (Å²) in [6, 6.07) is 7.23. The maximum absolute atomic E-state index is 11.1. The average Bonchev–Trinajstić information content (AvgIpc) is 2.38. The highest BCUT2D eigenvalue weighted by atomic mass is 16.4. The van der Waals surface area contributed by atoms with Crippen LogP contribution in [0.1, 0.15) is 54.9 Å². The molecule has 0 spiro atoms. The van der Waals surface area contributed by atoms with Crippen LogP contribution in [0.5, 0.6) is 0 Å². The Morgan fingerprint density at radius 1 is 1.28 bits per heavy atom. The summed E-state index contributed by atoms with van der Waals surface area (Å²) < 4.78 is 0. The molecule has 1 fully saturated rings. The molecule has 18 heavy (non-hydrogen) atoms. The Balaban J connectivity index is 2.03. The molecule has 0 heterocycles. The number of aromatic carboxylic acids is 1. The van der Waals surface area contributed by atoms with E-state index >= 15 is 0 Å². The fraction of sp³-hybridized carbons (Fsp3) is 0.533. The molecule has 1 aromatic carbocycles. The van der Waals surface area contributed by atoms with Gasteiger partial charge in [-0.1, -0.05) is 37.5 Å². The van der Waals surface area contributed by atoms with Crippen LogP contribution in [0.3, 0.4) is 0 Å². The molecular weight excluding hydrogens is 226 g/mol. The number of hydrogen-bond acceptors (Lipinski definition) is 2. The van der Waals surface area contributed by atoms with Gasteiger partial charge in [-0.15, -0.1) is 0 Å². The van der Waals surface area contributed by atoms with Crippen molar-refractivity contribution in [2.75, 3.05) is 0 Å². The molecule has 1 aliphatic rings. The van der Waals surface area contributed by atoms with Crippen molar-refractivity contribution >= 4 is 5.97 Å². The summed E-state index contributed by atoms with van der Waals surface area (Å²) in [4.78, 5) is 11.1. The Morgan fingerprint density at radius 3 is 2.61 bits per heavy atom. The van der Waals surface area contributed by atoms with Gasteiger partial charge >= 0.3 is 5.97 Å². The molecule has 0 saturated heterocycles. The standard InChI is InChI=1S/C15H21NO2/c1-15(9-5-2-6-10-15)16-11-12-7-3-4-8-13(12)14(17)18/h3-4,7-8,16H,2,5-6,9-11H2,1H3,(H,17,18). The second-order valence-electron chi connectivity index (χ2n) is 5.44. The minimum atomic E-state index is -0.846. The highest BCUT2D eigenvalue weighted by Crippen LogP contribution is 2.28. The van der Waals surface area contributed by atoms with Gasteiger partial charge in [0.05, 0.1) is 5.56 Å². The third-order valence-corrected chi connectivity index (χ3v) is 3.91. The summed E-state index contributed by atoms with van der Waals surface area (Å²) in [5.74, 6) is -0.846. The van der Waals surface area contributed by atoms with Crippen molar-refractivity contribution in [2.24, 2.45) is 0 Å². The Hall–Kier alpha value is -1.35. The Labute approximate surface area is 108 Å². The minimum absolute atomic E-state index is 0.171. The smallest absolute Gasteiger partial charge is 0.336 e. The summed E-state index contributed by atoms with van der Waals surface area (Å²) >= 11 is 0. The van der Waals surface area contributed by atoms with Crippen molar-refractivity contribution in [2.45, 2.75) is 51.1 Å². The van der Waals surface area contributed by atoms with Crippen LogP contribution >= 0.6 is 0 Å². The van der Waals surface area contributed by atoms with Gasteiger partial charge in [0.15, 0.2) is 0 Å². The van der Waals surface area contributed by atoms with E-state index in [1.165, 1.54) is 32.1 Å². The lowest BCUT2D eigenvalue weighted by atomic mass is 9.83. The molecule has 1 saturated carbocycles. The average molecular weight is 247 g/mol. The Morgan fingerprint density at radius 2 is 1.94 bits per heavy atom. The van der Waals surface area contributed by atoms with Gasteiger partial charge in [0, 0.05) is 12.1 Å². The fourth-order valence-electron chi connectivity index (χ4n) is 2.70. The molecule has 0 atom stereocenters. The van der Waals surface area contributed by atoms with Crippen molar-refractivity contribution in [1.29, 1.82) is 0 Å². The van der Waals surface area contributed by atoms with E-state index in [0.717, 1.165) is 5.56 Å². The van der Waals surface area contributed by atoms with Crippen LogP contribution in [-0.2, 0) is 6.54 Å². The summed E-state index contributed by atoms with van der Waals surface area (Å²) in [5.41, 5.74) is 1.45. The number of rotatable bonds is 4. The van der Waals surface area contributed by atoms with E-state index in [1.54, 1.807) is 12.1 Å². The molecule has 3 nitrogen and oxygen atoms in total. The van der Waals surface area contributed by atoms with Crippen molar-refractivity contribution in [3.63, 3.8) is 0 Å². The van der Waals surface area contributed by atoms with Crippen molar-refractivity contribution in [1.82, 2.24) is 5.32 Å². The monoisotopic (exact) mass is 247 g/mol. The van der Waals surface area contributed by atoms with Crippen molar-refractivity contribution in [3.8, 4) is 0 Å². The first kappa shape index (κ1) is 13.1. The van der Waals surface area contributed by atoms with E-state index in [0.29, 0.717) is 12.1 Å². The zero-order valence-corrected chi connectivity index (χ0v) is 10.9. The molecule has 1 aliphatic carbocycles. The Kier molecular flexibility index (Phi) is 4.02. The molecule has 0 radical (unpaired) electrons. The maximum atomic E-state index is 11.1. The second kappa shape index (κ2) is 5.53. The topological polar surface area (TPSA) is 49.3 Å². The summed E-state index contributed by atoms with van der Waals surface area (Å²) in [7, 11) is 0. The van der Waals surface area contributed by atoms with Gasteiger partial charge < -0.3 is 10.4 Å². The lowest BCUT2D eigenvalue weighted by molar-refractivity contribution is 0.0695. The number of benzene rings is 1. The van der Waals surface area contributed by atoms with E-state index in [9.17, 15) is 4.79 Å². The van der Waals surface area contributed by atoms with Crippen LogP contribution in [0, 0.1) is 0 Å². The quantitative estimate of drug-likeness (QED) is 0.859. The molecule has 0 unspecified atom stereocenters. The van der Waals surface area contributed by atoms with Gasteiger partial charge in [0.25, 0.3) is 0 Å². The molecule has 2 rings (SSSR count). The maximum Gasteiger partial charge on any atom is 0.336 e. The SMILES string of the molecule is CC1(NCc2ccccc2C(=O)O)CCCCC1. The van der Waals surface area contributed by atoms with Crippen LogP contribution < -0.4 is 5.32 Å². The van der Waals surface area contributed by atoms with E-state index < -0.39 is 5.97 Å². The van der Waals surface area contributed by atoms with Crippen molar-refractivity contribution in [3.05, 3.63) is 35.4 Å². The van der Waals surface area contributed by atoms with Crippen LogP contribution in [-0.4, -0.2) is 16.6 Å². The van der Waals surface area contributed by atoms with Crippen LogP contribution in [0.4, 0.5) is 0 Å². The third-order valence-electron chi connectivity index (χ3n) is 3.91. The first-order valence-electron chi connectivity index (χ1n) is 6.67. The number of hydrogen-bond donors (Lipinski definition) is 2. The number of carbonyl (C=O) groups is 1.